The summed E-state index contributed by atoms with van der Waals surface area (Å²) in [5.74, 6) is -0.337. The minimum absolute atomic E-state index is 0.314. The second-order valence-electron chi connectivity index (χ2n) is 8.57. The van der Waals surface area contributed by atoms with Crippen LogP contribution in [-0.2, 0) is 23.8 Å². The minimum atomic E-state index is -4.46. The molecule has 0 saturated carbocycles. The molecule has 4 nitrogen and oxygen atoms in total. The smallest absolute Gasteiger partial charge is 0.416 e. The van der Waals surface area contributed by atoms with Gasteiger partial charge in [0, 0.05) is 27.5 Å². The van der Waals surface area contributed by atoms with Crippen LogP contribution in [0.25, 0.3) is 5.69 Å². The van der Waals surface area contributed by atoms with Gasteiger partial charge >= 0.3 is 12.1 Å². The Morgan fingerprint density at radius 1 is 1.18 bits per heavy atom. The van der Waals surface area contributed by atoms with Crippen LogP contribution in [0, 0.1) is 19.8 Å². The highest BCUT2D eigenvalue weighted by Crippen LogP contribution is 2.33. The van der Waals surface area contributed by atoms with E-state index in [1.165, 1.54) is 27.8 Å². The molecule has 0 amide bonds. The third-order valence-electron chi connectivity index (χ3n) is 6.03. The number of hydrogen-bond donors (Lipinski definition) is 0. The van der Waals surface area contributed by atoms with Crippen molar-refractivity contribution in [1.82, 2.24) is 4.57 Å². The van der Waals surface area contributed by atoms with Gasteiger partial charge in [0.2, 0.25) is 5.78 Å². The number of ether oxygens (including phenoxy) is 1. The molecule has 0 bridgehead atoms. The van der Waals surface area contributed by atoms with Crippen LogP contribution in [0.3, 0.4) is 0 Å². The van der Waals surface area contributed by atoms with Crippen LogP contribution in [0.15, 0.2) is 36.4 Å². The number of nitrogens with zero attached hydrogens (tertiary/aromatic N) is 1. The molecule has 0 fully saturated rings. The van der Waals surface area contributed by atoms with E-state index in [1.54, 1.807) is 30.5 Å². The van der Waals surface area contributed by atoms with Crippen molar-refractivity contribution in [3.8, 4) is 5.69 Å². The Balaban J connectivity index is 1.49. The second-order valence-corrected chi connectivity index (χ2v) is 9.71. The predicted octanol–water partition coefficient (Wildman–Crippen LogP) is 6.34. The Hall–Kier alpha value is -2.87. The second kappa shape index (κ2) is 8.82. The number of carbonyl (C=O) groups is 2. The molecule has 3 aromatic rings. The van der Waals surface area contributed by atoms with Crippen LogP contribution < -0.4 is 0 Å². The molecule has 174 valence electrons. The van der Waals surface area contributed by atoms with Gasteiger partial charge in [-0.3, -0.25) is 4.79 Å². The molecule has 1 aliphatic rings. The SMILES string of the molecule is Cc1cc(C(=O)COC(=O)c2cc3c(s2)CC[C@@H](C)C3)c(C)n1-c1cccc(C(F)(F)F)c1. The summed E-state index contributed by atoms with van der Waals surface area (Å²) >= 11 is 1.42. The van der Waals surface area contributed by atoms with Crippen LogP contribution >= 0.6 is 11.3 Å². The molecule has 1 atom stereocenters. The number of alkyl halides is 3. The molecule has 0 radical (unpaired) electrons. The number of rotatable bonds is 5. The van der Waals surface area contributed by atoms with Gasteiger partial charge < -0.3 is 9.30 Å². The molecular formula is C25H24F3NO3S. The van der Waals surface area contributed by atoms with Crippen LogP contribution in [0.5, 0.6) is 0 Å². The maximum Gasteiger partial charge on any atom is 0.416 e. The Morgan fingerprint density at radius 3 is 2.67 bits per heavy atom. The lowest BCUT2D eigenvalue weighted by Gasteiger charge is -2.16. The summed E-state index contributed by atoms with van der Waals surface area (Å²) in [7, 11) is 0. The minimum Gasteiger partial charge on any atom is -0.453 e. The normalized spacial score (nSPS) is 15.9. The number of halogens is 3. The molecule has 0 saturated heterocycles. The summed E-state index contributed by atoms with van der Waals surface area (Å²) in [5.41, 5.74) is 2.16. The van der Waals surface area contributed by atoms with Crippen LogP contribution in [0.1, 0.15) is 60.8 Å². The molecule has 8 heteroatoms. The number of hydrogen-bond acceptors (Lipinski definition) is 4. The lowest BCUT2D eigenvalue weighted by atomic mass is 9.90. The fourth-order valence-electron chi connectivity index (χ4n) is 4.35. The third-order valence-corrected chi connectivity index (χ3v) is 7.25. The van der Waals surface area contributed by atoms with Crippen molar-refractivity contribution in [2.24, 2.45) is 5.92 Å². The van der Waals surface area contributed by atoms with Crippen LogP contribution in [0.4, 0.5) is 13.2 Å². The zero-order valence-electron chi connectivity index (χ0n) is 18.6. The average Bonchev–Trinajstić information content (AvgIpc) is 3.31. The van der Waals surface area contributed by atoms with Crippen LogP contribution in [0.2, 0.25) is 0 Å². The molecule has 2 aromatic heterocycles. The lowest BCUT2D eigenvalue weighted by Crippen LogP contribution is -2.14. The number of carbonyl (C=O) groups excluding carboxylic acids is 2. The number of aromatic nitrogens is 1. The van der Waals surface area contributed by atoms with Gasteiger partial charge in [-0.05, 0) is 74.9 Å². The van der Waals surface area contributed by atoms with E-state index in [1.807, 2.05) is 6.07 Å². The number of ketones is 1. The van der Waals surface area contributed by atoms with E-state index < -0.39 is 30.1 Å². The van der Waals surface area contributed by atoms with Crippen LogP contribution in [-0.4, -0.2) is 22.9 Å². The Kier molecular flexibility index (Phi) is 6.22. The Labute approximate surface area is 194 Å². The van der Waals surface area contributed by atoms with Gasteiger partial charge in [0.25, 0.3) is 0 Å². The van der Waals surface area contributed by atoms with E-state index in [-0.39, 0.29) is 0 Å². The van der Waals surface area contributed by atoms with Gasteiger partial charge in [-0.2, -0.15) is 13.2 Å². The molecule has 33 heavy (non-hydrogen) atoms. The standard InChI is InChI=1S/C25H24F3NO3S/c1-14-7-8-22-17(9-14)11-23(33-22)24(31)32-13-21(30)20-10-15(2)29(16(20)3)19-6-4-5-18(12-19)25(26,27)28/h4-6,10-12,14H,7-9,13H2,1-3H3/t14-/m1/s1. The van der Waals surface area contributed by atoms with Crippen molar-refractivity contribution in [3.05, 3.63) is 74.2 Å². The molecule has 0 N–H and O–H groups in total. The predicted molar refractivity (Wildman–Crippen MR) is 120 cm³/mol. The number of fused-ring (bicyclic) bond motifs is 1. The molecule has 4 rings (SSSR count). The average molecular weight is 476 g/mol. The van der Waals surface area contributed by atoms with Gasteiger partial charge in [0.1, 0.15) is 4.88 Å². The molecular weight excluding hydrogens is 451 g/mol. The van der Waals surface area contributed by atoms with Gasteiger partial charge in [-0.15, -0.1) is 11.3 Å². The highest BCUT2D eigenvalue weighted by Gasteiger charge is 2.31. The number of Topliss-reactive ketones (excluding diaryl/α,β-unsaturated/α-hetero) is 1. The van der Waals surface area contributed by atoms with E-state index in [4.69, 9.17) is 4.74 Å². The first kappa shape index (κ1) is 23.3. The summed E-state index contributed by atoms with van der Waals surface area (Å²) in [6, 6.07) is 8.42. The van der Waals surface area contributed by atoms with E-state index in [9.17, 15) is 22.8 Å². The molecule has 1 aliphatic carbocycles. The number of thiophene rings is 1. The molecule has 0 unspecified atom stereocenters. The quantitative estimate of drug-likeness (QED) is 0.320. The fraction of sp³-hybridized carbons (Fsp3) is 0.360. The fourth-order valence-corrected chi connectivity index (χ4v) is 5.45. The monoisotopic (exact) mass is 475 g/mol. The third kappa shape index (κ3) is 4.76. The van der Waals surface area contributed by atoms with Crippen molar-refractivity contribution in [2.75, 3.05) is 6.61 Å². The van der Waals surface area contributed by atoms with Gasteiger partial charge in [0.05, 0.1) is 5.56 Å². The van der Waals surface area contributed by atoms with E-state index in [0.29, 0.717) is 33.4 Å². The summed E-state index contributed by atoms with van der Waals surface area (Å²) in [4.78, 5) is 27.0. The highest BCUT2D eigenvalue weighted by molar-refractivity contribution is 7.14. The molecule has 0 aliphatic heterocycles. The largest absolute Gasteiger partial charge is 0.453 e. The topological polar surface area (TPSA) is 48.3 Å². The van der Waals surface area contributed by atoms with Crippen molar-refractivity contribution in [3.63, 3.8) is 0 Å². The van der Waals surface area contributed by atoms with Crippen molar-refractivity contribution >= 4 is 23.1 Å². The number of aryl methyl sites for hydroxylation is 2. The molecule has 2 heterocycles. The van der Waals surface area contributed by atoms with E-state index in [2.05, 4.69) is 6.92 Å². The maximum atomic E-state index is 13.1. The van der Waals surface area contributed by atoms with Crippen molar-refractivity contribution in [2.45, 2.75) is 46.2 Å². The first-order valence-electron chi connectivity index (χ1n) is 10.7. The van der Waals surface area contributed by atoms with Crippen molar-refractivity contribution in [1.29, 1.82) is 0 Å². The molecule has 0 spiro atoms. The van der Waals surface area contributed by atoms with E-state index >= 15 is 0 Å². The number of esters is 1. The lowest BCUT2D eigenvalue weighted by molar-refractivity contribution is -0.137. The maximum absolute atomic E-state index is 13.1. The van der Waals surface area contributed by atoms with Gasteiger partial charge in [0.15, 0.2) is 6.61 Å². The molecule has 1 aromatic carbocycles. The zero-order valence-corrected chi connectivity index (χ0v) is 19.4. The van der Waals surface area contributed by atoms with Crippen molar-refractivity contribution < 1.29 is 27.5 Å². The first-order chi connectivity index (χ1) is 15.5. The van der Waals surface area contributed by atoms with Gasteiger partial charge in [-0.1, -0.05) is 13.0 Å². The summed E-state index contributed by atoms with van der Waals surface area (Å²) in [6.45, 7) is 5.14. The van der Waals surface area contributed by atoms with E-state index in [0.717, 1.165) is 31.4 Å². The Morgan fingerprint density at radius 2 is 1.94 bits per heavy atom. The Bertz CT molecular complexity index is 1220. The summed E-state index contributed by atoms with van der Waals surface area (Å²) < 4.78 is 46.2. The zero-order chi connectivity index (χ0) is 23.9. The summed E-state index contributed by atoms with van der Waals surface area (Å²) in [5, 5.41) is 0. The number of benzene rings is 1. The highest BCUT2D eigenvalue weighted by atomic mass is 32.1. The summed E-state index contributed by atoms with van der Waals surface area (Å²) in [6.07, 6.45) is -1.46. The first-order valence-corrected chi connectivity index (χ1v) is 11.5. The van der Waals surface area contributed by atoms with Gasteiger partial charge in [-0.25, -0.2) is 4.79 Å².